The van der Waals surface area contributed by atoms with Crippen molar-refractivity contribution in [2.45, 2.75) is 0 Å². The molecule has 0 atom stereocenters. The maximum atomic E-state index is 13.0. The van der Waals surface area contributed by atoms with E-state index >= 15 is 0 Å². The fraction of sp³-hybridized carbons (Fsp3) is 0. The summed E-state index contributed by atoms with van der Waals surface area (Å²) in [6, 6.07) is 7.62. The summed E-state index contributed by atoms with van der Waals surface area (Å²) in [5.41, 5.74) is 6.99. The van der Waals surface area contributed by atoms with Gasteiger partial charge in [-0.05, 0) is 24.3 Å². The molecule has 90 valence electrons. The molecule has 1 aromatic heterocycles. The predicted molar refractivity (Wildman–Crippen MR) is 68.1 cm³/mol. The van der Waals surface area contributed by atoms with Crippen molar-refractivity contribution in [3.8, 4) is 6.07 Å². The summed E-state index contributed by atoms with van der Waals surface area (Å²) in [6.07, 6.45) is 1.39. The van der Waals surface area contributed by atoms with Gasteiger partial charge in [-0.1, -0.05) is 11.6 Å². The SMILES string of the molecule is N#Cc1cnc(Nc2ccc(F)c(Cl)c2)c(N)c1. The maximum Gasteiger partial charge on any atom is 0.153 e. The summed E-state index contributed by atoms with van der Waals surface area (Å²) < 4.78 is 13.0. The number of halogens is 2. The van der Waals surface area contributed by atoms with E-state index in [1.807, 2.05) is 6.07 Å². The van der Waals surface area contributed by atoms with Crippen molar-refractivity contribution in [2.24, 2.45) is 0 Å². The Hall–Kier alpha value is -2.32. The fourth-order valence-electron chi connectivity index (χ4n) is 1.36. The number of nitrogens with one attached hydrogen (secondary N) is 1. The first-order valence-corrected chi connectivity index (χ1v) is 5.35. The largest absolute Gasteiger partial charge is 0.396 e. The van der Waals surface area contributed by atoms with Crippen LogP contribution >= 0.6 is 11.6 Å². The number of nitrogens with two attached hydrogens (primary N) is 1. The smallest absolute Gasteiger partial charge is 0.153 e. The van der Waals surface area contributed by atoms with E-state index in [9.17, 15) is 4.39 Å². The van der Waals surface area contributed by atoms with Crippen LogP contribution in [0.5, 0.6) is 0 Å². The quantitative estimate of drug-likeness (QED) is 0.872. The van der Waals surface area contributed by atoms with Gasteiger partial charge in [0.25, 0.3) is 0 Å². The van der Waals surface area contributed by atoms with Gasteiger partial charge in [-0.2, -0.15) is 5.26 Å². The van der Waals surface area contributed by atoms with E-state index < -0.39 is 5.82 Å². The third-order valence-corrected chi connectivity index (χ3v) is 2.52. The Morgan fingerprint density at radius 2 is 2.17 bits per heavy atom. The Kier molecular flexibility index (Phi) is 3.31. The van der Waals surface area contributed by atoms with Crippen LogP contribution in [0.15, 0.2) is 30.5 Å². The number of nitrogens with zero attached hydrogens (tertiary/aromatic N) is 2. The average molecular weight is 263 g/mol. The topological polar surface area (TPSA) is 74.7 Å². The molecule has 0 saturated carbocycles. The average Bonchev–Trinajstić information content (AvgIpc) is 2.36. The molecule has 0 aliphatic carbocycles. The number of hydrogen-bond donors (Lipinski definition) is 2. The van der Waals surface area contributed by atoms with Crippen molar-refractivity contribution in [2.75, 3.05) is 11.1 Å². The van der Waals surface area contributed by atoms with E-state index in [1.165, 1.54) is 30.5 Å². The standard InChI is InChI=1S/C12H8ClFN4/c13-9-4-8(1-2-10(9)14)18-12-11(16)3-7(5-15)6-17-12/h1-4,6H,16H2,(H,17,18). The molecule has 0 aliphatic rings. The van der Waals surface area contributed by atoms with Crippen molar-refractivity contribution < 1.29 is 4.39 Å². The number of hydrogen-bond acceptors (Lipinski definition) is 4. The number of nitriles is 1. The number of nitrogen functional groups attached to an aromatic ring is 1. The molecule has 0 spiro atoms. The lowest BCUT2D eigenvalue weighted by atomic mass is 10.2. The van der Waals surface area contributed by atoms with Gasteiger partial charge < -0.3 is 11.1 Å². The molecule has 2 rings (SSSR count). The van der Waals surface area contributed by atoms with Crippen LogP contribution in [0.1, 0.15) is 5.56 Å². The number of pyridine rings is 1. The first-order valence-electron chi connectivity index (χ1n) is 4.98. The van der Waals surface area contributed by atoms with Crippen LogP contribution in [0.4, 0.5) is 21.6 Å². The molecular weight excluding hydrogens is 255 g/mol. The molecule has 0 bridgehead atoms. The Bertz CT molecular complexity index is 636. The van der Waals surface area contributed by atoms with Crippen molar-refractivity contribution in [3.05, 3.63) is 46.9 Å². The third kappa shape index (κ3) is 2.50. The predicted octanol–water partition coefficient (Wildman–Crippen LogP) is 3.07. The maximum absolute atomic E-state index is 13.0. The van der Waals surface area contributed by atoms with Gasteiger partial charge in [-0.15, -0.1) is 0 Å². The summed E-state index contributed by atoms with van der Waals surface area (Å²) >= 11 is 5.66. The second-order valence-corrected chi connectivity index (χ2v) is 3.93. The lowest BCUT2D eigenvalue weighted by Crippen LogP contribution is -2.00. The molecule has 3 N–H and O–H groups in total. The number of benzene rings is 1. The molecule has 6 heteroatoms. The minimum absolute atomic E-state index is 0.00668. The molecule has 2 aromatic rings. The van der Waals surface area contributed by atoms with Crippen LogP contribution in [0, 0.1) is 17.1 Å². The Morgan fingerprint density at radius 1 is 1.39 bits per heavy atom. The normalized spacial score (nSPS) is 9.83. The second-order valence-electron chi connectivity index (χ2n) is 3.53. The first kappa shape index (κ1) is 12.1. The molecule has 0 fully saturated rings. The highest BCUT2D eigenvalue weighted by Crippen LogP contribution is 2.24. The van der Waals surface area contributed by atoms with Gasteiger partial charge in [0.1, 0.15) is 11.9 Å². The van der Waals surface area contributed by atoms with Crippen LogP contribution in [0.25, 0.3) is 0 Å². The molecular formula is C12H8ClFN4. The van der Waals surface area contributed by atoms with E-state index in [-0.39, 0.29) is 5.02 Å². The van der Waals surface area contributed by atoms with Gasteiger partial charge in [0.05, 0.1) is 16.3 Å². The Morgan fingerprint density at radius 3 is 2.78 bits per heavy atom. The van der Waals surface area contributed by atoms with Gasteiger partial charge in [-0.3, -0.25) is 0 Å². The summed E-state index contributed by atoms with van der Waals surface area (Å²) in [4.78, 5) is 4.00. The lowest BCUT2D eigenvalue weighted by Gasteiger charge is -2.08. The van der Waals surface area contributed by atoms with Crippen molar-refractivity contribution in [1.82, 2.24) is 4.98 Å². The van der Waals surface area contributed by atoms with Crippen molar-refractivity contribution in [3.63, 3.8) is 0 Å². The zero-order valence-electron chi connectivity index (χ0n) is 9.11. The van der Waals surface area contributed by atoms with Gasteiger partial charge >= 0.3 is 0 Å². The number of aromatic nitrogens is 1. The molecule has 0 radical (unpaired) electrons. The molecule has 0 saturated heterocycles. The summed E-state index contributed by atoms with van der Waals surface area (Å²) in [5.74, 6) is -0.111. The van der Waals surface area contributed by atoms with E-state index in [0.717, 1.165) is 0 Å². The highest BCUT2D eigenvalue weighted by Gasteiger charge is 2.05. The number of anilines is 3. The van der Waals surface area contributed by atoms with E-state index in [0.29, 0.717) is 22.8 Å². The van der Waals surface area contributed by atoms with Crippen LogP contribution in [0.3, 0.4) is 0 Å². The van der Waals surface area contributed by atoms with Crippen LogP contribution in [-0.2, 0) is 0 Å². The van der Waals surface area contributed by atoms with Gasteiger partial charge in [-0.25, -0.2) is 9.37 Å². The van der Waals surface area contributed by atoms with Crippen molar-refractivity contribution in [1.29, 1.82) is 5.26 Å². The molecule has 1 heterocycles. The van der Waals surface area contributed by atoms with Gasteiger partial charge in [0.2, 0.25) is 0 Å². The highest BCUT2D eigenvalue weighted by molar-refractivity contribution is 6.31. The summed E-state index contributed by atoms with van der Waals surface area (Å²) in [6.45, 7) is 0. The summed E-state index contributed by atoms with van der Waals surface area (Å²) in [5, 5.41) is 11.6. The molecule has 4 nitrogen and oxygen atoms in total. The van der Waals surface area contributed by atoms with E-state index in [1.54, 1.807) is 0 Å². The fourth-order valence-corrected chi connectivity index (χ4v) is 1.54. The van der Waals surface area contributed by atoms with Crippen molar-refractivity contribution >= 4 is 28.8 Å². The Labute approximate surface area is 108 Å². The van der Waals surface area contributed by atoms with E-state index in [4.69, 9.17) is 22.6 Å². The second kappa shape index (κ2) is 4.90. The molecule has 18 heavy (non-hydrogen) atoms. The number of rotatable bonds is 2. The lowest BCUT2D eigenvalue weighted by molar-refractivity contribution is 0.628. The molecule has 0 amide bonds. The first-order chi connectivity index (χ1) is 8.60. The van der Waals surface area contributed by atoms with Crippen LogP contribution in [0.2, 0.25) is 5.02 Å². The van der Waals surface area contributed by atoms with E-state index in [2.05, 4.69) is 10.3 Å². The van der Waals surface area contributed by atoms with Crippen LogP contribution in [-0.4, -0.2) is 4.98 Å². The highest BCUT2D eigenvalue weighted by atomic mass is 35.5. The minimum atomic E-state index is -0.497. The summed E-state index contributed by atoms with van der Waals surface area (Å²) in [7, 11) is 0. The minimum Gasteiger partial charge on any atom is -0.396 e. The zero-order valence-corrected chi connectivity index (χ0v) is 9.87. The zero-order chi connectivity index (χ0) is 13.1. The third-order valence-electron chi connectivity index (χ3n) is 2.23. The molecule has 0 unspecified atom stereocenters. The Balaban J connectivity index is 2.29. The monoisotopic (exact) mass is 262 g/mol. The molecule has 1 aromatic carbocycles. The van der Waals surface area contributed by atoms with Gasteiger partial charge in [0, 0.05) is 11.9 Å². The van der Waals surface area contributed by atoms with Gasteiger partial charge in [0.15, 0.2) is 5.82 Å². The van der Waals surface area contributed by atoms with Crippen LogP contribution < -0.4 is 11.1 Å². The molecule has 0 aliphatic heterocycles.